The first kappa shape index (κ1) is 20.0. The number of carbonyl (C=O) groups is 1. The summed E-state index contributed by atoms with van der Waals surface area (Å²) in [5.74, 6) is -12.7. The van der Waals surface area contributed by atoms with Crippen molar-refractivity contribution in [2.75, 3.05) is 0 Å². The van der Waals surface area contributed by atoms with E-state index in [-0.39, 0.29) is 15.9 Å². The Morgan fingerprint density at radius 2 is 1.48 bits per heavy atom. The van der Waals surface area contributed by atoms with Crippen molar-refractivity contribution in [3.63, 3.8) is 0 Å². The van der Waals surface area contributed by atoms with Crippen molar-refractivity contribution in [3.05, 3.63) is 86.6 Å². The Morgan fingerprint density at radius 1 is 0.966 bits per heavy atom. The first-order valence-corrected chi connectivity index (χ1v) is 7.93. The minimum Gasteiger partial charge on any atom is -0.306 e. The van der Waals surface area contributed by atoms with Gasteiger partial charge in [-0.3, -0.25) is 20.1 Å². The molecule has 0 saturated heterocycles. The summed E-state index contributed by atoms with van der Waals surface area (Å²) in [6.07, 6.45) is 0. The van der Waals surface area contributed by atoms with Gasteiger partial charge < -0.3 is 5.32 Å². The molecular weight excluding hydrogens is 399 g/mol. The van der Waals surface area contributed by atoms with E-state index in [0.29, 0.717) is 0 Å². The summed E-state index contributed by atoms with van der Waals surface area (Å²) >= 11 is 0. The molecule has 11 heteroatoms. The van der Waals surface area contributed by atoms with E-state index in [4.69, 9.17) is 5.41 Å². The third kappa shape index (κ3) is 3.30. The zero-order valence-electron chi connectivity index (χ0n) is 14.5. The Balaban J connectivity index is 2.06. The van der Waals surface area contributed by atoms with E-state index >= 15 is 0 Å². The predicted molar refractivity (Wildman–Crippen MR) is 91.7 cm³/mol. The van der Waals surface area contributed by atoms with Gasteiger partial charge in [0, 0.05) is 11.3 Å². The molecule has 3 aromatic rings. The van der Waals surface area contributed by atoms with Crippen LogP contribution in [0.25, 0.3) is 5.69 Å². The number of carbonyl (C=O) groups excluding carboxylic acids is 1. The summed E-state index contributed by atoms with van der Waals surface area (Å²) in [5.41, 5.74) is -3.30. The van der Waals surface area contributed by atoms with Crippen molar-refractivity contribution >= 4 is 11.7 Å². The van der Waals surface area contributed by atoms with Crippen LogP contribution in [0, 0.1) is 41.4 Å². The molecule has 0 atom stereocenters. The highest BCUT2D eigenvalue weighted by atomic mass is 19.2. The van der Waals surface area contributed by atoms with Crippen LogP contribution in [0.2, 0.25) is 0 Å². The zero-order chi connectivity index (χ0) is 21.5. The highest BCUT2D eigenvalue weighted by Crippen LogP contribution is 2.25. The normalized spacial score (nSPS) is 10.8. The number of hydrogen-bond donors (Lipinski definition) is 3. The minimum atomic E-state index is -2.37. The summed E-state index contributed by atoms with van der Waals surface area (Å²) in [5, 5.41) is 12.2. The quantitative estimate of drug-likeness (QED) is 0.204. The van der Waals surface area contributed by atoms with Crippen LogP contribution in [0.3, 0.4) is 0 Å². The lowest BCUT2D eigenvalue weighted by atomic mass is 10.2. The third-order valence-corrected chi connectivity index (χ3v) is 4.01. The maximum absolute atomic E-state index is 14.0. The topological polar surface area (TPSA) is 90.7 Å². The molecule has 0 fully saturated rings. The fourth-order valence-corrected chi connectivity index (χ4v) is 2.63. The fraction of sp³-hybridized carbons (Fsp3) is 0.0556. The Morgan fingerprint density at radius 3 is 2.03 bits per heavy atom. The lowest BCUT2D eigenvalue weighted by Gasteiger charge is -2.08. The van der Waals surface area contributed by atoms with Crippen molar-refractivity contribution in [1.29, 1.82) is 5.41 Å². The summed E-state index contributed by atoms with van der Waals surface area (Å²) < 4.78 is 68.3. The number of aromatic amines is 1. The highest BCUT2D eigenvalue weighted by molar-refractivity contribution is 6.11. The Bertz CT molecular complexity index is 1170. The first-order chi connectivity index (χ1) is 13.6. The first-order valence-electron chi connectivity index (χ1n) is 7.93. The molecule has 0 radical (unpaired) electrons. The second-order valence-electron chi connectivity index (χ2n) is 5.87. The van der Waals surface area contributed by atoms with Crippen LogP contribution < -0.4 is 10.9 Å². The van der Waals surface area contributed by atoms with Gasteiger partial charge in [0.1, 0.15) is 17.1 Å². The Hall–Kier alpha value is -3.76. The van der Waals surface area contributed by atoms with Gasteiger partial charge in [-0.05, 0) is 19.1 Å². The summed E-state index contributed by atoms with van der Waals surface area (Å²) in [6.45, 7) is 1.22. The highest BCUT2D eigenvalue weighted by Gasteiger charge is 2.30. The van der Waals surface area contributed by atoms with Gasteiger partial charge >= 0.3 is 0 Å². The SMILES string of the molecule is Cc1[nH]n(-c2c(F)c(F)c(F)c(F)c2F)c(=O)c1C(=N)NC(=O)c1ccccc1. The van der Waals surface area contributed by atoms with Crippen LogP contribution in [0.15, 0.2) is 35.1 Å². The van der Waals surface area contributed by atoms with Gasteiger partial charge in [-0.1, -0.05) is 18.2 Å². The molecule has 0 saturated carbocycles. The molecule has 1 heterocycles. The Kier molecular flexibility index (Phi) is 5.06. The smallest absolute Gasteiger partial charge is 0.282 e. The average molecular weight is 410 g/mol. The zero-order valence-corrected chi connectivity index (χ0v) is 14.5. The number of benzene rings is 2. The second kappa shape index (κ2) is 7.34. The molecule has 3 rings (SSSR count). The average Bonchev–Trinajstić information content (AvgIpc) is 2.99. The molecule has 150 valence electrons. The molecule has 2 aromatic carbocycles. The van der Waals surface area contributed by atoms with Gasteiger partial charge in [0.25, 0.3) is 11.5 Å². The molecule has 0 aliphatic rings. The van der Waals surface area contributed by atoms with Crippen molar-refractivity contribution < 1.29 is 26.7 Å². The van der Waals surface area contributed by atoms with Crippen LogP contribution >= 0.6 is 0 Å². The predicted octanol–water partition coefficient (Wildman–Crippen LogP) is 2.92. The van der Waals surface area contributed by atoms with Gasteiger partial charge in [-0.15, -0.1) is 0 Å². The minimum absolute atomic E-state index is 0.0874. The number of hydrogen-bond acceptors (Lipinski definition) is 3. The monoisotopic (exact) mass is 410 g/mol. The number of amides is 1. The summed E-state index contributed by atoms with van der Waals surface area (Å²) in [7, 11) is 0. The van der Waals surface area contributed by atoms with E-state index in [0.717, 1.165) is 0 Å². The molecule has 1 amide bonds. The van der Waals surface area contributed by atoms with Gasteiger partial charge in [-0.25, -0.2) is 26.6 Å². The molecular formula is C18H11F5N4O2. The number of rotatable bonds is 3. The van der Waals surface area contributed by atoms with E-state index in [1.54, 1.807) is 18.2 Å². The van der Waals surface area contributed by atoms with E-state index in [9.17, 15) is 31.5 Å². The number of halogens is 5. The molecule has 1 aromatic heterocycles. The van der Waals surface area contributed by atoms with Gasteiger partial charge in [0.15, 0.2) is 23.3 Å². The van der Waals surface area contributed by atoms with Crippen molar-refractivity contribution in [3.8, 4) is 5.69 Å². The number of amidine groups is 1. The molecule has 29 heavy (non-hydrogen) atoms. The van der Waals surface area contributed by atoms with Crippen molar-refractivity contribution in [2.24, 2.45) is 0 Å². The molecule has 0 unspecified atom stereocenters. The van der Waals surface area contributed by atoms with E-state index in [2.05, 4.69) is 10.4 Å². The van der Waals surface area contributed by atoms with Crippen molar-refractivity contribution in [1.82, 2.24) is 15.1 Å². The van der Waals surface area contributed by atoms with Crippen LogP contribution in [0.1, 0.15) is 21.6 Å². The Labute approximate surface area is 159 Å². The second-order valence-corrected chi connectivity index (χ2v) is 5.87. The standard InChI is InChI=1S/C18H11F5N4O2/c1-7-9(16(24)25-17(28)8-5-3-2-4-6-8)18(29)27(26-7)15-13(22)11(20)10(19)12(21)14(15)23/h2-6,26H,1H3,(H2,24,25,28). The van der Waals surface area contributed by atoms with E-state index in [1.165, 1.54) is 19.1 Å². The maximum atomic E-state index is 14.0. The van der Waals surface area contributed by atoms with E-state index < -0.39 is 57.6 Å². The third-order valence-electron chi connectivity index (χ3n) is 4.01. The molecule has 0 aliphatic heterocycles. The lowest BCUT2D eigenvalue weighted by molar-refractivity contribution is 0.0977. The van der Waals surface area contributed by atoms with Crippen LogP contribution in [0.5, 0.6) is 0 Å². The number of nitrogens with one attached hydrogen (secondary N) is 3. The number of aryl methyl sites for hydroxylation is 1. The molecule has 0 spiro atoms. The summed E-state index contributed by atoms with van der Waals surface area (Å²) in [6, 6.07) is 7.67. The lowest BCUT2D eigenvalue weighted by Crippen LogP contribution is -2.34. The number of H-pyrrole nitrogens is 1. The van der Waals surface area contributed by atoms with Gasteiger partial charge in [0.05, 0.1) is 0 Å². The van der Waals surface area contributed by atoms with Crippen LogP contribution in [-0.2, 0) is 0 Å². The maximum Gasteiger partial charge on any atom is 0.282 e. The molecule has 0 bridgehead atoms. The molecule has 0 aliphatic carbocycles. The van der Waals surface area contributed by atoms with Crippen molar-refractivity contribution in [2.45, 2.75) is 6.92 Å². The number of aromatic nitrogens is 2. The number of nitrogens with zero attached hydrogens (tertiary/aromatic N) is 1. The van der Waals surface area contributed by atoms with E-state index in [1.807, 2.05) is 0 Å². The van der Waals surface area contributed by atoms with Crippen LogP contribution in [0.4, 0.5) is 22.0 Å². The van der Waals surface area contributed by atoms with Crippen LogP contribution in [-0.4, -0.2) is 21.5 Å². The van der Waals surface area contributed by atoms with Gasteiger partial charge in [-0.2, -0.15) is 0 Å². The largest absolute Gasteiger partial charge is 0.306 e. The molecule has 3 N–H and O–H groups in total. The fourth-order valence-electron chi connectivity index (χ4n) is 2.63. The molecule has 6 nitrogen and oxygen atoms in total. The van der Waals surface area contributed by atoms with Gasteiger partial charge in [0.2, 0.25) is 5.82 Å². The summed E-state index contributed by atoms with van der Waals surface area (Å²) in [4.78, 5) is 24.7.